The highest BCUT2D eigenvalue weighted by atomic mass is 16.5. The number of ether oxygens (including phenoxy) is 2. The largest absolute Gasteiger partial charge is 0.467 e. The Bertz CT molecular complexity index is 341. The van der Waals surface area contributed by atoms with E-state index < -0.39 is 0 Å². The van der Waals surface area contributed by atoms with Crippen LogP contribution in [0, 0.1) is 5.92 Å². The molecule has 1 aromatic rings. The molecule has 0 spiro atoms. The first-order valence-corrected chi connectivity index (χ1v) is 4.96. The third-order valence-corrected chi connectivity index (χ3v) is 2.25. The summed E-state index contributed by atoms with van der Waals surface area (Å²) in [6.07, 6.45) is 3.67. The molecule has 0 amide bonds. The van der Waals surface area contributed by atoms with Crippen molar-refractivity contribution in [2.45, 2.75) is 19.3 Å². The Hall–Kier alpha value is -1.59. The summed E-state index contributed by atoms with van der Waals surface area (Å²) in [6, 6.07) is 0.420. The fourth-order valence-electron chi connectivity index (χ4n) is 1.23. The van der Waals surface area contributed by atoms with Gasteiger partial charge in [0.1, 0.15) is 0 Å². The molecule has 0 aliphatic heterocycles. The van der Waals surface area contributed by atoms with Crippen LogP contribution in [0.25, 0.3) is 0 Å². The molecule has 82 valence electrons. The lowest BCUT2D eigenvalue weighted by Gasteiger charge is -2.04. The smallest absolute Gasteiger partial charge is 0.324 e. The van der Waals surface area contributed by atoms with Crippen LogP contribution in [-0.4, -0.2) is 28.7 Å². The summed E-state index contributed by atoms with van der Waals surface area (Å²) in [4.78, 5) is 11.5. The summed E-state index contributed by atoms with van der Waals surface area (Å²) in [7, 11) is 1.47. The van der Waals surface area contributed by atoms with Gasteiger partial charge in [-0.3, -0.25) is 0 Å². The quantitative estimate of drug-likeness (QED) is 0.767. The van der Waals surface area contributed by atoms with Gasteiger partial charge in [0, 0.05) is 0 Å². The van der Waals surface area contributed by atoms with Crippen molar-refractivity contribution in [3.05, 3.63) is 0 Å². The molecule has 0 saturated heterocycles. The normalized spacial score (nSPS) is 15.0. The Labute approximate surface area is 87.8 Å². The van der Waals surface area contributed by atoms with Gasteiger partial charge in [-0.15, -0.1) is 4.98 Å². The van der Waals surface area contributed by atoms with E-state index >= 15 is 0 Å². The Kier molecular flexibility index (Phi) is 2.84. The first-order valence-electron chi connectivity index (χ1n) is 4.96. The number of aromatic nitrogens is 3. The van der Waals surface area contributed by atoms with Crippen LogP contribution in [0.1, 0.15) is 19.3 Å². The summed E-state index contributed by atoms with van der Waals surface area (Å²) in [5.41, 5.74) is 5.46. The molecule has 15 heavy (non-hydrogen) atoms. The zero-order chi connectivity index (χ0) is 10.7. The molecule has 1 saturated carbocycles. The predicted octanol–water partition coefficient (Wildman–Crippen LogP) is 0.641. The maximum atomic E-state index is 5.46. The number of nitrogens with two attached hydrogens (primary N) is 1. The van der Waals surface area contributed by atoms with Gasteiger partial charge in [-0.1, -0.05) is 12.8 Å². The van der Waals surface area contributed by atoms with E-state index in [-0.39, 0.29) is 18.0 Å². The van der Waals surface area contributed by atoms with Crippen LogP contribution >= 0.6 is 0 Å². The summed E-state index contributed by atoms with van der Waals surface area (Å²) in [6.45, 7) is 0.622. The van der Waals surface area contributed by atoms with Crippen molar-refractivity contribution in [2.75, 3.05) is 19.5 Å². The van der Waals surface area contributed by atoms with Crippen molar-refractivity contribution >= 4 is 5.95 Å². The molecule has 6 nitrogen and oxygen atoms in total. The standard InChI is InChI=1S/C9H14N4O2/c1-14-8-11-7(10)12-9(13-8)15-5-4-6-2-3-6/h6H,2-5H2,1H3,(H2,10,11,12,13). The van der Waals surface area contributed by atoms with E-state index in [9.17, 15) is 0 Å². The van der Waals surface area contributed by atoms with Gasteiger partial charge in [0.25, 0.3) is 0 Å². The molecule has 1 aromatic heterocycles. The second-order valence-electron chi connectivity index (χ2n) is 3.54. The van der Waals surface area contributed by atoms with Crippen LogP contribution in [0.5, 0.6) is 12.0 Å². The number of nitrogens with zero attached hydrogens (tertiary/aromatic N) is 3. The van der Waals surface area contributed by atoms with Crippen molar-refractivity contribution in [3.8, 4) is 12.0 Å². The molecule has 0 aromatic carbocycles. The summed E-state index contributed by atoms with van der Waals surface area (Å²) >= 11 is 0. The maximum absolute atomic E-state index is 5.46. The minimum atomic E-state index is 0.114. The summed E-state index contributed by atoms with van der Waals surface area (Å²) in [5, 5.41) is 0. The molecular weight excluding hydrogens is 196 g/mol. The lowest BCUT2D eigenvalue weighted by Crippen LogP contribution is -2.06. The van der Waals surface area contributed by atoms with Crippen LogP contribution in [0.3, 0.4) is 0 Å². The molecule has 0 atom stereocenters. The number of methoxy groups -OCH3 is 1. The molecular formula is C9H14N4O2. The van der Waals surface area contributed by atoms with E-state index in [4.69, 9.17) is 15.2 Å². The second kappa shape index (κ2) is 4.29. The molecule has 1 heterocycles. The van der Waals surface area contributed by atoms with Crippen molar-refractivity contribution in [1.29, 1.82) is 0 Å². The Morgan fingerprint density at radius 3 is 2.67 bits per heavy atom. The zero-order valence-corrected chi connectivity index (χ0v) is 8.64. The third kappa shape index (κ3) is 2.93. The Morgan fingerprint density at radius 1 is 1.27 bits per heavy atom. The van der Waals surface area contributed by atoms with E-state index in [1.165, 1.54) is 20.0 Å². The van der Waals surface area contributed by atoms with Crippen LogP contribution in [-0.2, 0) is 0 Å². The number of nitrogen functional groups attached to an aromatic ring is 1. The highest BCUT2D eigenvalue weighted by molar-refractivity contribution is 5.20. The fraction of sp³-hybridized carbons (Fsp3) is 0.667. The Morgan fingerprint density at radius 2 is 2.00 bits per heavy atom. The number of anilines is 1. The number of hydrogen-bond donors (Lipinski definition) is 1. The van der Waals surface area contributed by atoms with E-state index in [1.807, 2.05) is 0 Å². The van der Waals surface area contributed by atoms with Gasteiger partial charge in [0.2, 0.25) is 5.95 Å². The predicted molar refractivity (Wildman–Crippen MR) is 53.6 cm³/mol. The van der Waals surface area contributed by atoms with E-state index in [0.717, 1.165) is 12.3 Å². The molecule has 0 unspecified atom stereocenters. The minimum absolute atomic E-state index is 0.114. The van der Waals surface area contributed by atoms with Gasteiger partial charge in [0.15, 0.2) is 0 Å². The molecule has 1 fully saturated rings. The number of hydrogen-bond acceptors (Lipinski definition) is 6. The lowest BCUT2D eigenvalue weighted by molar-refractivity contribution is 0.270. The molecule has 6 heteroatoms. The van der Waals surface area contributed by atoms with Crippen LogP contribution in [0.15, 0.2) is 0 Å². The van der Waals surface area contributed by atoms with E-state index in [1.54, 1.807) is 0 Å². The van der Waals surface area contributed by atoms with Crippen molar-refractivity contribution in [2.24, 2.45) is 5.92 Å². The van der Waals surface area contributed by atoms with Crippen LogP contribution in [0.4, 0.5) is 5.95 Å². The average Bonchev–Trinajstić information content (AvgIpc) is 3.01. The van der Waals surface area contributed by atoms with Gasteiger partial charge in [-0.25, -0.2) is 0 Å². The van der Waals surface area contributed by atoms with Crippen molar-refractivity contribution in [3.63, 3.8) is 0 Å². The zero-order valence-electron chi connectivity index (χ0n) is 8.64. The van der Waals surface area contributed by atoms with Gasteiger partial charge >= 0.3 is 12.0 Å². The molecule has 1 aliphatic rings. The fourth-order valence-corrected chi connectivity index (χ4v) is 1.23. The number of rotatable bonds is 5. The average molecular weight is 210 g/mol. The SMILES string of the molecule is COc1nc(N)nc(OCCC2CC2)n1. The molecule has 1 aliphatic carbocycles. The third-order valence-electron chi connectivity index (χ3n) is 2.25. The highest BCUT2D eigenvalue weighted by Gasteiger charge is 2.21. The first-order chi connectivity index (χ1) is 7.28. The Balaban J connectivity index is 1.90. The van der Waals surface area contributed by atoms with Crippen molar-refractivity contribution in [1.82, 2.24) is 15.0 Å². The summed E-state index contributed by atoms with van der Waals surface area (Å²) < 4.78 is 10.2. The highest BCUT2D eigenvalue weighted by Crippen LogP contribution is 2.32. The van der Waals surface area contributed by atoms with Gasteiger partial charge < -0.3 is 15.2 Å². The molecule has 2 rings (SSSR count). The van der Waals surface area contributed by atoms with Gasteiger partial charge in [0.05, 0.1) is 13.7 Å². The molecule has 2 N–H and O–H groups in total. The summed E-state index contributed by atoms with van der Waals surface area (Å²) in [5.74, 6) is 0.939. The van der Waals surface area contributed by atoms with Crippen molar-refractivity contribution < 1.29 is 9.47 Å². The first kappa shape index (κ1) is 9.95. The molecule has 0 bridgehead atoms. The van der Waals surface area contributed by atoms with Gasteiger partial charge in [-0.2, -0.15) is 9.97 Å². The second-order valence-corrected chi connectivity index (χ2v) is 3.54. The lowest BCUT2D eigenvalue weighted by atomic mass is 10.3. The topological polar surface area (TPSA) is 83.2 Å². The monoisotopic (exact) mass is 210 g/mol. The van der Waals surface area contributed by atoms with Gasteiger partial charge in [-0.05, 0) is 12.3 Å². The molecule has 0 radical (unpaired) electrons. The maximum Gasteiger partial charge on any atom is 0.324 e. The van der Waals surface area contributed by atoms with Crippen LogP contribution in [0.2, 0.25) is 0 Å². The minimum Gasteiger partial charge on any atom is -0.467 e. The van der Waals surface area contributed by atoms with Crippen LogP contribution < -0.4 is 15.2 Å². The van der Waals surface area contributed by atoms with E-state index in [0.29, 0.717) is 6.61 Å². The van der Waals surface area contributed by atoms with E-state index in [2.05, 4.69) is 15.0 Å².